The number of aliphatic carboxylic acids is 1. The molecule has 1 aliphatic rings. The maximum absolute atomic E-state index is 11.9. The predicted octanol–water partition coefficient (Wildman–Crippen LogP) is 0.870. The Bertz CT molecular complexity index is 354. The van der Waals surface area contributed by atoms with E-state index in [9.17, 15) is 14.7 Å². The summed E-state index contributed by atoms with van der Waals surface area (Å²) >= 11 is 0. The molecule has 0 aromatic rings. The lowest BCUT2D eigenvalue weighted by molar-refractivity contribution is -0.145. The average molecular weight is 300 g/mol. The number of hydrogen-bond donors (Lipinski definition) is 4. The Morgan fingerprint density at radius 2 is 1.81 bits per heavy atom. The van der Waals surface area contributed by atoms with E-state index in [1.165, 1.54) is 19.3 Å². The molecule has 6 heteroatoms. The van der Waals surface area contributed by atoms with Gasteiger partial charge < -0.3 is 21.3 Å². The van der Waals surface area contributed by atoms with Gasteiger partial charge >= 0.3 is 5.97 Å². The zero-order chi connectivity index (χ0) is 16.0. The van der Waals surface area contributed by atoms with Gasteiger partial charge in [-0.3, -0.25) is 4.79 Å². The SMILES string of the molecule is CC(C)C(NC(=O)C(O)[C@H](N)CC1CCCCC1)C(=O)O. The fourth-order valence-electron chi connectivity index (χ4n) is 2.88. The van der Waals surface area contributed by atoms with Gasteiger partial charge in [-0.2, -0.15) is 0 Å². The van der Waals surface area contributed by atoms with Crippen LogP contribution in [0, 0.1) is 11.8 Å². The molecule has 0 aromatic carbocycles. The van der Waals surface area contributed by atoms with Gasteiger partial charge in [-0.25, -0.2) is 4.79 Å². The normalized spacial score (nSPS) is 20.8. The van der Waals surface area contributed by atoms with Crippen LogP contribution in [0.1, 0.15) is 52.4 Å². The van der Waals surface area contributed by atoms with Crippen molar-refractivity contribution in [3.8, 4) is 0 Å². The van der Waals surface area contributed by atoms with E-state index in [0.29, 0.717) is 12.3 Å². The number of aliphatic hydroxyl groups excluding tert-OH is 1. The number of nitrogens with one attached hydrogen (secondary N) is 1. The van der Waals surface area contributed by atoms with Gasteiger partial charge in [0, 0.05) is 6.04 Å². The lowest BCUT2D eigenvalue weighted by atomic mass is 9.84. The summed E-state index contributed by atoms with van der Waals surface area (Å²) in [5, 5.41) is 21.4. The van der Waals surface area contributed by atoms with Crippen LogP contribution in [0.5, 0.6) is 0 Å². The van der Waals surface area contributed by atoms with E-state index in [1.54, 1.807) is 13.8 Å². The second kappa shape index (κ2) is 8.34. The third-order valence-electron chi connectivity index (χ3n) is 4.23. The number of nitrogens with two attached hydrogens (primary N) is 1. The highest BCUT2D eigenvalue weighted by Gasteiger charge is 2.30. The van der Waals surface area contributed by atoms with Gasteiger partial charge in [0.1, 0.15) is 12.1 Å². The van der Waals surface area contributed by atoms with Crippen LogP contribution in [-0.4, -0.2) is 40.3 Å². The summed E-state index contributed by atoms with van der Waals surface area (Å²) in [5.41, 5.74) is 5.92. The molecule has 122 valence electrons. The van der Waals surface area contributed by atoms with E-state index in [1.807, 2.05) is 0 Å². The molecule has 0 aromatic heterocycles. The summed E-state index contributed by atoms with van der Waals surface area (Å²) in [4.78, 5) is 23.0. The van der Waals surface area contributed by atoms with Gasteiger partial charge in [-0.1, -0.05) is 46.0 Å². The number of amides is 1. The fourth-order valence-corrected chi connectivity index (χ4v) is 2.88. The summed E-state index contributed by atoms with van der Waals surface area (Å²) in [6.07, 6.45) is 5.02. The molecular formula is C15H28N2O4. The van der Waals surface area contributed by atoms with Crippen LogP contribution in [0.25, 0.3) is 0 Å². The van der Waals surface area contributed by atoms with E-state index in [2.05, 4.69) is 5.32 Å². The first-order chi connectivity index (χ1) is 9.82. The van der Waals surface area contributed by atoms with E-state index >= 15 is 0 Å². The Balaban J connectivity index is 2.49. The quantitative estimate of drug-likeness (QED) is 0.557. The van der Waals surface area contributed by atoms with Gasteiger partial charge in [-0.15, -0.1) is 0 Å². The molecule has 0 radical (unpaired) electrons. The molecule has 5 N–H and O–H groups in total. The van der Waals surface area contributed by atoms with Crippen LogP contribution in [0.3, 0.4) is 0 Å². The Labute approximate surface area is 126 Å². The lowest BCUT2D eigenvalue weighted by Crippen LogP contribution is -2.53. The smallest absolute Gasteiger partial charge is 0.326 e. The Hall–Kier alpha value is -1.14. The van der Waals surface area contributed by atoms with Crippen molar-refractivity contribution in [2.75, 3.05) is 0 Å². The maximum Gasteiger partial charge on any atom is 0.326 e. The van der Waals surface area contributed by atoms with Gasteiger partial charge in [0.15, 0.2) is 0 Å². The molecule has 1 aliphatic carbocycles. The van der Waals surface area contributed by atoms with Crippen molar-refractivity contribution in [3.05, 3.63) is 0 Å². The minimum atomic E-state index is -1.35. The molecule has 1 rings (SSSR count). The van der Waals surface area contributed by atoms with Crippen LogP contribution in [-0.2, 0) is 9.59 Å². The molecule has 0 bridgehead atoms. The Kier molecular flexibility index (Phi) is 7.11. The molecule has 1 saturated carbocycles. The first kappa shape index (κ1) is 17.9. The second-order valence-electron chi connectivity index (χ2n) is 6.42. The molecular weight excluding hydrogens is 272 g/mol. The van der Waals surface area contributed by atoms with Crippen molar-refractivity contribution in [1.82, 2.24) is 5.32 Å². The summed E-state index contributed by atoms with van der Waals surface area (Å²) in [7, 11) is 0. The molecule has 2 unspecified atom stereocenters. The predicted molar refractivity (Wildman–Crippen MR) is 79.6 cm³/mol. The molecule has 21 heavy (non-hydrogen) atoms. The van der Waals surface area contributed by atoms with Crippen LogP contribution >= 0.6 is 0 Å². The molecule has 1 fully saturated rings. The summed E-state index contributed by atoms with van der Waals surface area (Å²) in [5.74, 6) is -1.60. The van der Waals surface area contributed by atoms with Crippen molar-refractivity contribution in [3.63, 3.8) is 0 Å². The van der Waals surface area contributed by atoms with Crippen molar-refractivity contribution >= 4 is 11.9 Å². The number of aliphatic hydroxyl groups is 1. The summed E-state index contributed by atoms with van der Waals surface area (Å²) < 4.78 is 0. The van der Waals surface area contributed by atoms with E-state index < -0.39 is 30.1 Å². The fraction of sp³-hybridized carbons (Fsp3) is 0.867. The van der Waals surface area contributed by atoms with Crippen molar-refractivity contribution in [2.24, 2.45) is 17.6 Å². The minimum absolute atomic E-state index is 0.256. The number of carboxylic acids is 1. The largest absolute Gasteiger partial charge is 0.480 e. The number of rotatable bonds is 7. The van der Waals surface area contributed by atoms with Crippen LogP contribution in [0.15, 0.2) is 0 Å². The molecule has 0 spiro atoms. The highest BCUT2D eigenvalue weighted by Crippen LogP contribution is 2.27. The van der Waals surface area contributed by atoms with E-state index in [-0.39, 0.29) is 5.92 Å². The van der Waals surface area contributed by atoms with Crippen molar-refractivity contribution in [1.29, 1.82) is 0 Å². The molecule has 6 nitrogen and oxygen atoms in total. The first-order valence-corrected chi connectivity index (χ1v) is 7.79. The monoisotopic (exact) mass is 300 g/mol. The molecule has 0 aliphatic heterocycles. The van der Waals surface area contributed by atoms with Crippen LogP contribution in [0.4, 0.5) is 0 Å². The third-order valence-corrected chi connectivity index (χ3v) is 4.23. The molecule has 0 heterocycles. The Morgan fingerprint density at radius 1 is 1.24 bits per heavy atom. The lowest BCUT2D eigenvalue weighted by Gasteiger charge is -2.27. The summed E-state index contributed by atoms with van der Waals surface area (Å²) in [6.45, 7) is 3.40. The number of carboxylic acid groups (broad SMARTS) is 1. The second-order valence-corrected chi connectivity index (χ2v) is 6.42. The molecule has 0 saturated heterocycles. The summed E-state index contributed by atoms with van der Waals surface area (Å²) in [6, 6.07) is -1.65. The number of hydrogen-bond acceptors (Lipinski definition) is 4. The van der Waals surface area contributed by atoms with Crippen molar-refractivity contribution < 1.29 is 19.8 Å². The van der Waals surface area contributed by atoms with Gasteiger partial charge in [0.05, 0.1) is 0 Å². The zero-order valence-corrected chi connectivity index (χ0v) is 12.9. The minimum Gasteiger partial charge on any atom is -0.480 e. The van der Waals surface area contributed by atoms with Gasteiger partial charge in [0.25, 0.3) is 5.91 Å². The average Bonchev–Trinajstić information content (AvgIpc) is 2.43. The highest BCUT2D eigenvalue weighted by atomic mass is 16.4. The third kappa shape index (κ3) is 5.63. The topological polar surface area (TPSA) is 113 Å². The number of carbonyl (C=O) groups is 2. The van der Waals surface area contributed by atoms with Crippen LogP contribution < -0.4 is 11.1 Å². The first-order valence-electron chi connectivity index (χ1n) is 7.79. The molecule has 1 amide bonds. The number of carbonyl (C=O) groups excluding carboxylic acids is 1. The van der Waals surface area contributed by atoms with Gasteiger partial charge in [-0.05, 0) is 18.3 Å². The van der Waals surface area contributed by atoms with Crippen LogP contribution in [0.2, 0.25) is 0 Å². The zero-order valence-electron chi connectivity index (χ0n) is 12.9. The standard InChI is InChI=1S/C15H28N2O4/c1-9(2)12(15(20)21)17-14(19)13(18)11(16)8-10-6-4-3-5-7-10/h9-13,18H,3-8,16H2,1-2H3,(H,17,19)(H,20,21)/t11-,12?,13?/m1/s1. The Morgan fingerprint density at radius 3 is 2.29 bits per heavy atom. The van der Waals surface area contributed by atoms with E-state index in [4.69, 9.17) is 10.8 Å². The van der Waals surface area contributed by atoms with E-state index in [0.717, 1.165) is 12.8 Å². The van der Waals surface area contributed by atoms with Gasteiger partial charge in [0.2, 0.25) is 0 Å². The maximum atomic E-state index is 11.9. The van der Waals surface area contributed by atoms with Crippen molar-refractivity contribution in [2.45, 2.75) is 70.6 Å². The molecule has 3 atom stereocenters. The highest BCUT2D eigenvalue weighted by molar-refractivity contribution is 5.86.